The van der Waals surface area contributed by atoms with E-state index in [-0.39, 0.29) is 30.4 Å². The third-order valence-electron chi connectivity index (χ3n) is 2.84. The van der Waals surface area contributed by atoms with E-state index < -0.39 is 4.92 Å². The first-order chi connectivity index (χ1) is 10.1. The molecule has 0 heterocycles. The van der Waals surface area contributed by atoms with Crippen molar-refractivity contribution in [2.45, 2.75) is 26.3 Å². The number of rotatable bonds is 9. The fourth-order valence-corrected chi connectivity index (χ4v) is 1.72. The first kappa shape index (κ1) is 16.9. The van der Waals surface area contributed by atoms with Crippen LogP contribution in [0.15, 0.2) is 18.2 Å². The number of hydrogen-bond acceptors (Lipinski definition) is 5. The first-order valence-electron chi connectivity index (χ1n) is 6.90. The lowest BCUT2D eigenvalue weighted by molar-refractivity contribution is -0.385. The van der Waals surface area contributed by atoms with Crippen LogP contribution in [0.5, 0.6) is 5.75 Å². The molecule has 0 saturated carbocycles. The summed E-state index contributed by atoms with van der Waals surface area (Å²) in [5.41, 5.74) is 0.815. The van der Waals surface area contributed by atoms with Gasteiger partial charge < -0.3 is 15.4 Å². The molecule has 1 aromatic rings. The first-order valence-corrected chi connectivity index (χ1v) is 6.90. The quantitative estimate of drug-likeness (QED) is 0.410. The number of nitro groups is 1. The van der Waals surface area contributed by atoms with Gasteiger partial charge in [-0.3, -0.25) is 14.9 Å². The van der Waals surface area contributed by atoms with Crippen LogP contribution in [0.4, 0.5) is 5.69 Å². The number of ether oxygens (including phenoxy) is 1. The lowest BCUT2D eigenvalue weighted by atomic mass is 10.2. The molecule has 1 aromatic carbocycles. The molecule has 0 bridgehead atoms. The third kappa shape index (κ3) is 5.78. The van der Waals surface area contributed by atoms with Crippen LogP contribution < -0.4 is 15.4 Å². The van der Waals surface area contributed by atoms with E-state index in [1.807, 2.05) is 0 Å². The van der Waals surface area contributed by atoms with E-state index in [2.05, 4.69) is 17.6 Å². The van der Waals surface area contributed by atoms with Crippen LogP contribution in [0, 0.1) is 10.1 Å². The average Bonchev–Trinajstić information content (AvgIpc) is 2.47. The van der Waals surface area contributed by atoms with Crippen molar-refractivity contribution < 1.29 is 14.5 Å². The van der Waals surface area contributed by atoms with Crippen LogP contribution in [0.2, 0.25) is 0 Å². The maximum Gasteiger partial charge on any atom is 0.310 e. The summed E-state index contributed by atoms with van der Waals surface area (Å²) in [5, 5.41) is 16.7. The van der Waals surface area contributed by atoms with E-state index in [1.165, 1.54) is 13.1 Å². The molecule has 0 aliphatic rings. The summed E-state index contributed by atoms with van der Waals surface area (Å²) in [6.45, 7) is 3.67. The Morgan fingerprint density at radius 1 is 1.43 bits per heavy atom. The minimum atomic E-state index is -0.488. The Labute approximate surface area is 123 Å². The monoisotopic (exact) mass is 295 g/mol. The number of carbonyl (C=O) groups excluding carboxylic acids is 1. The van der Waals surface area contributed by atoms with Gasteiger partial charge in [-0.1, -0.05) is 13.0 Å². The van der Waals surface area contributed by atoms with Crippen molar-refractivity contribution in [1.29, 1.82) is 0 Å². The van der Waals surface area contributed by atoms with Gasteiger partial charge in [-0.15, -0.1) is 0 Å². The Morgan fingerprint density at radius 2 is 2.19 bits per heavy atom. The number of amides is 1. The van der Waals surface area contributed by atoms with Gasteiger partial charge >= 0.3 is 5.69 Å². The van der Waals surface area contributed by atoms with Gasteiger partial charge in [-0.2, -0.15) is 0 Å². The SMILES string of the molecule is CCCNCc1ccc([N+](=O)[O-])c(OCCC(=O)NC)c1. The second kappa shape index (κ2) is 8.91. The maximum absolute atomic E-state index is 11.1. The predicted molar refractivity (Wildman–Crippen MR) is 79.3 cm³/mol. The number of hydrogen-bond donors (Lipinski definition) is 2. The fourth-order valence-electron chi connectivity index (χ4n) is 1.72. The minimum absolute atomic E-state index is 0.0915. The molecule has 0 fully saturated rings. The van der Waals surface area contributed by atoms with Crippen molar-refractivity contribution in [3.63, 3.8) is 0 Å². The number of nitrogens with one attached hydrogen (secondary N) is 2. The van der Waals surface area contributed by atoms with Gasteiger partial charge in [-0.05, 0) is 24.6 Å². The van der Waals surface area contributed by atoms with Gasteiger partial charge in [-0.25, -0.2) is 0 Å². The molecule has 1 rings (SSSR count). The number of nitro benzene ring substituents is 1. The van der Waals surface area contributed by atoms with E-state index in [1.54, 1.807) is 12.1 Å². The molecule has 0 spiro atoms. The van der Waals surface area contributed by atoms with Gasteiger partial charge in [0.05, 0.1) is 18.0 Å². The molecule has 0 aromatic heterocycles. The molecular weight excluding hydrogens is 274 g/mol. The highest BCUT2D eigenvalue weighted by Crippen LogP contribution is 2.28. The van der Waals surface area contributed by atoms with Crippen LogP contribution in [0.1, 0.15) is 25.3 Å². The zero-order valence-corrected chi connectivity index (χ0v) is 12.3. The molecule has 1 amide bonds. The van der Waals surface area contributed by atoms with Crippen LogP contribution in [-0.2, 0) is 11.3 Å². The lowest BCUT2D eigenvalue weighted by Gasteiger charge is -2.09. The summed E-state index contributed by atoms with van der Waals surface area (Å²) < 4.78 is 5.39. The molecule has 21 heavy (non-hydrogen) atoms. The Balaban J connectivity index is 2.73. The second-order valence-electron chi connectivity index (χ2n) is 4.51. The van der Waals surface area contributed by atoms with Crippen molar-refractivity contribution in [3.8, 4) is 5.75 Å². The molecule has 116 valence electrons. The smallest absolute Gasteiger partial charge is 0.310 e. The zero-order valence-electron chi connectivity index (χ0n) is 12.3. The second-order valence-corrected chi connectivity index (χ2v) is 4.51. The highest BCUT2D eigenvalue weighted by molar-refractivity contribution is 5.75. The van der Waals surface area contributed by atoms with Gasteiger partial charge in [0.2, 0.25) is 5.91 Å². The molecule has 0 saturated heterocycles. The largest absolute Gasteiger partial charge is 0.486 e. The lowest BCUT2D eigenvalue weighted by Crippen LogP contribution is -2.20. The molecule has 2 N–H and O–H groups in total. The molecule has 0 atom stereocenters. The molecule has 0 radical (unpaired) electrons. The van der Waals surface area contributed by atoms with Gasteiger partial charge in [0.15, 0.2) is 5.75 Å². The van der Waals surface area contributed by atoms with Gasteiger partial charge in [0, 0.05) is 19.7 Å². The number of carbonyl (C=O) groups is 1. The predicted octanol–water partition coefficient (Wildman–Crippen LogP) is 1.61. The van der Waals surface area contributed by atoms with Crippen molar-refractivity contribution in [2.75, 3.05) is 20.2 Å². The van der Waals surface area contributed by atoms with Crippen molar-refractivity contribution >= 4 is 11.6 Å². The van der Waals surface area contributed by atoms with E-state index in [4.69, 9.17) is 4.74 Å². The topological polar surface area (TPSA) is 93.5 Å². The third-order valence-corrected chi connectivity index (χ3v) is 2.84. The Hall–Kier alpha value is -2.15. The molecule has 0 aliphatic carbocycles. The Morgan fingerprint density at radius 3 is 2.81 bits per heavy atom. The van der Waals surface area contributed by atoms with Crippen LogP contribution >= 0.6 is 0 Å². The summed E-state index contributed by atoms with van der Waals surface area (Å²) >= 11 is 0. The van der Waals surface area contributed by atoms with Gasteiger partial charge in [0.1, 0.15) is 0 Å². The summed E-state index contributed by atoms with van der Waals surface area (Å²) in [5.74, 6) is 0.0260. The summed E-state index contributed by atoms with van der Waals surface area (Å²) in [7, 11) is 1.53. The molecule has 7 nitrogen and oxygen atoms in total. The van der Waals surface area contributed by atoms with Gasteiger partial charge in [0.25, 0.3) is 0 Å². The molecular formula is C14H21N3O4. The Bertz CT molecular complexity index is 491. The average molecular weight is 295 g/mol. The van der Waals surface area contributed by atoms with Crippen LogP contribution in [0.25, 0.3) is 0 Å². The summed E-state index contributed by atoms with van der Waals surface area (Å²) in [4.78, 5) is 21.6. The number of benzene rings is 1. The van der Waals surface area contributed by atoms with E-state index in [0.29, 0.717) is 6.54 Å². The Kier molecular flexibility index (Phi) is 7.17. The maximum atomic E-state index is 11.1. The molecule has 0 unspecified atom stereocenters. The fraction of sp³-hybridized carbons (Fsp3) is 0.500. The van der Waals surface area contributed by atoms with Crippen molar-refractivity contribution in [1.82, 2.24) is 10.6 Å². The van der Waals surface area contributed by atoms with E-state index in [0.717, 1.165) is 18.5 Å². The minimum Gasteiger partial charge on any atom is -0.486 e. The molecule has 0 aliphatic heterocycles. The number of nitrogens with zero attached hydrogens (tertiary/aromatic N) is 1. The van der Waals surface area contributed by atoms with E-state index in [9.17, 15) is 14.9 Å². The molecule has 7 heteroatoms. The highest BCUT2D eigenvalue weighted by atomic mass is 16.6. The highest BCUT2D eigenvalue weighted by Gasteiger charge is 2.15. The van der Waals surface area contributed by atoms with Crippen LogP contribution in [0.3, 0.4) is 0 Å². The zero-order chi connectivity index (χ0) is 15.7. The van der Waals surface area contributed by atoms with E-state index >= 15 is 0 Å². The van der Waals surface area contributed by atoms with Crippen LogP contribution in [-0.4, -0.2) is 31.0 Å². The normalized spacial score (nSPS) is 10.2. The standard InChI is InChI=1S/C14H21N3O4/c1-3-7-16-10-11-4-5-12(17(19)20)13(9-11)21-8-6-14(18)15-2/h4-5,9,16H,3,6-8,10H2,1-2H3,(H,15,18). The van der Waals surface area contributed by atoms with Crippen molar-refractivity contribution in [2.24, 2.45) is 0 Å². The van der Waals surface area contributed by atoms with Crippen molar-refractivity contribution in [3.05, 3.63) is 33.9 Å². The summed E-state index contributed by atoms with van der Waals surface area (Å²) in [6, 6.07) is 4.77. The summed E-state index contributed by atoms with van der Waals surface area (Å²) in [6.07, 6.45) is 1.18.